The van der Waals surface area contributed by atoms with Crippen LogP contribution in [0, 0.1) is 6.92 Å². The van der Waals surface area contributed by atoms with Crippen LogP contribution in [0.2, 0.25) is 0 Å². The first kappa shape index (κ1) is 30.7. The van der Waals surface area contributed by atoms with Gasteiger partial charge in [-0.1, -0.05) is 43.3 Å². The van der Waals surface area contributed by atoms with Crippen LogP contribution >= 0.6 is 0 Å². The largest absolute Gasteiger partial charge is 0.479 e. The Labute approximate surface area is 254 Å². The molecule has 11 nitrogen and oxygen atoms in total. The Bertz CT molecular complexity index is 1720. The molecule has 2 unspecified atom stereocenters. The normalized spacial score (nSPS) is 18.1. The number of fused-ring (bicyclic) bond motifs is 1. The van der Waals surface area contributed by atoms with Gasteiger partial charge in [0.1, 0.15) is 0 Å². The number of carbonyl (C=O) groups excluding carboxylic acids is 1. The molecule has 1 aliphatic rings. The van der Waals surface area contributed by atoms with Crippen molar-refractivity contribution >= 4 is 34.2 Å². The zero-order chi connectivity index (χ0) is 31.4. The highest BCUT2D eigenvalue weighted by molar-refractivity contribution is 5.86. The Hall–Kier alpha value is -4.71. The lowest BCUT2D eigenvalue weighted by Crippen LogP contribution is -2.40. The van der Waals surface area contributed by atoms with E-state index in [2.05, 4.69) is 15.6 Å². The molecule has 1 aliphatic heterocycles. The standard InChI is InChI=1S/C33H36N4O7/c1-18-13-23(30(32(39)40)36-25-9-7-21-11-12-35-31(38)27(21)15-25)8-10-26(18)19(2)17-42-33(41)37-24-6-4-5-22(14-24)28(34)16-29-43-20(3)44-29/h4-15,19-20,28-30,36H,16-17,34H2,1-3H3,(H,35,38)(H,37,41)(H,39,40)/t19-,20?,28?,29?,30?/m0/s1. The quantitative estimate of drug-likeness (QED) is 0.149. The number of aromatic nitrogens is 1. The molecule has 2 heterocycles. The number of nitrogens with one attached hydrogen (secondary N) is 3. The summed E-state index contributed by atoms with van der Waals surface area (Å²) in [5.41, 5.74) is 10.3. The number of ether oxygens (including phenoxy) is 3. The van der Waals surface area contributed by atoms with Gasteiger partial charge in [0.15, 0.2) is 18.6 Å². The second kappa shape index (κ2) is 13.3. The van der Waals surface area contributed by atoms with E-state index in [1.807, 2.05) is 39.0 Å². The number of rotatable bonds is 11. The number of carbonyl (C=O) groups is 2. The molecule has 1 fully saturated rings. The van der Waals surface area contributed by atoms with Crippen molar-refractivity contribution in [3.63, 3.8) is 0 Å². The molecule has 0 radical (unpaired) electrons. The molecular weight excluding hydrogens is 564 g/mol. The first-order valence-electron chi connectivity index (χ1n) is 14.4. The fraction of sp³-hybridized carbons (Fsp3) is 0.303. The van der Waals surface area contributed by atoms with E-state index in [0.717, 1.165) is 22.1 Å². The van der Waals surface area contributed by atoms with Crippen LogP contribution in [0.3, 0.4) is 0 Å². The molecule has 6 N–H and O–H groups in total. The molecule has 0 spiro atoms. The van der Waals surface area contributed by atoms with E-state index in [4.69, 9.17) is 19.9 Å². The fourth-order valence-corrected chi connectivity index (χ4v) is 5.34. The third-order valence-corrected chi connectivity index (χ3v) is 7.65. The van der Waals surface area contributed by atoms with Crippen molar-refractivity contribution in [2.24, 2.45) is 5.73 Å². The van der Waals surface area contributed by atoms with Crippen LogP contribution in [-0.4, -0.2) is 41.3 Å². The summed E-state index contributed by atoms with van der Waals surface area (Å²) >= 11 is 0. The molecule has 44 heavy (non-hydrogen) atoms. The fourth-order valence-electron chi connectivity index (χ4n) is 5.34. The first-order valence-corrected chi connectivity index (χ1v) is 14.4. The van der Waals surface area contributed by atoms with E-state index in [9.17, 15) is 19.5 Å². The molecule has 0 saturated carbocycles. The molecule has 0 aliphatic carbocycles. The number of carboxylic acids is 1. The summed E-state index contributed by atoms with van der Waals surface area (Å²) in [4.78, 5) is 39.6. The number of hydrogen-bond acceptors (Lipinski definition) is 8. The first-order chi connectivity index (χ1) is 21.1. The van der Waals surface area contributed by atoms with Crippen LogP contribution in [0.1, 0.15) is 60.5 Å². The Morgan fingerprint density at radius 3 is 2.57 bits per heavy atom. The Morgan fingerprint density at radius 1 is 1.05 bits per heavy atom. The number of aromatic amines is 1. The summed E-state index contributed by atoms with van der Waals surface area (Å²) in [6, 6.07) is 18.2. The lowest BCUT2D eigenvalue weighted by molar-refractivity contribution is -0.378. The Kier molecular flexibility index (Phi) is 9.29. The summed E-state index contributed by atoms with van der Waals surface area (Å²) < 4.78 is 16.4. The molecule has 4 aromatic rings. The van der Waals surface area contributed by atoms with Gasteiger partial charge in [-0.2, -0.15) is 0 Å². The van der Waals surface area contributed by atoms with E-state index >= 15 is 0 Å². The maximum Gasteiger partial charge on any atom is 0.411 e. The van der Waals surface area contributed by atoms with Gasteiger partial charge in [-0.3, -0.25) is 10.1 Å². The molecule has 3 atom stereocenters. The number of anilines is 2. The molecule has 1 aromatic heterocycles. The van der Waals surface area contributed by atoms with Crippen LogP contribution in [0.15, 0.2) is 77.7 Å². The van der Waals surface area contributed by atoms with Crippen molar-refractivity contribution in [2.45, 2.75) is 57.8 Å². The van der Waals surface area contributed by atoms with Crippen molar-refractivity contribution in [3.05, 3.63) is 106 Å². The summed E-state index contributed by atoms with van der Waals surface area (Å²) in [5, 5.41) is 17.0. The van der Waals surface area contributed by atoms with E-state index in [-0.39, 0.29) is 36.7 Å². The van der Waals surface area contributed by atoms with E-state index in [1.54, 1.807) is 54.7 Å². The third-order valence-electron chi connectivity index (χ3n) is 7.65. The van der Waals surface area contributed by atoms with Crippen LogP contribution in [-0.2, 0) is 19.0 Å². The third kappa shape index (κ3) is 7.25. The number of amides is 1. The van der Waals surface area contributed by atoms with Gasteiger partial charge in [-0.05, 0) is 71.8 Å². The van der Waals surface area contributed by atoms with Gasteiger partial charge in [0, 0.05) is 41.3 Å². The number of benzene rings is 3. The Morgan fingerprint density at radius 2 is 1.84 bits per heavy atom. The van der Waals surface area contributed by atoms with Gasteiger partial charge in [0.05, 0.1) is 6.61 Å². The van der Waals surface area contributed by atoms with E-state index in [0.29, 0.717) is 28.7 Å². The lowest BCUT2D eigenvalue weighted by Gasteiger charge is -2.35. The number of pyridine rings is 1. The van der Waals surface area contributed by atoms with Crippen molar-refractivity contribution < 1.29 is 28.9 Å². The zero-order valence-corrected chi connectivity index (χ0v) is 24.7. The zero-order valence-electron chi connectivity index (χ0n) is 24.7. The summed E-state index contributed by atoms with van der Waals surface area (Å²) in [6.07, 6.45) is 0.930. The molecular formula is C33H36N4O7. The highest BCUT2D eigenvalue weighted by Gasteiger charge is 2.29. The molecule has 11 heteroatoms. The topological polar surface area (TPSA) is 165 Å². The second-order valence-electron chi connectivity index (χ2n) is 11.0. The van der Waals surface area contributed by atoms with Crippen LogP contribution in [0.4, 0.5) is 16.2 Å². The smallest absolute Gasteiger partial charge is 0.411 e. The molecule has 1 saturated heterocycles. The highest BCUT2D eigenvalue weighted by Crippen LogP contribution is 2.29. The molecule has 0 bridgehead atoms. The van der Waals surface area contributed by atoms with Crippen LogP contribution in [0.5, 0.6) is 0 Å². The molecule has 5 rings (SSSR count). The summed E-state index contributed by atoms with van der Waals surface area (Å²) in [6.45, 7) is 5.76. The minimum atomic E-state index is -1.06. The number of nitrogens with two attached hydrogens (primary N) is 1. The number of aryl methyl sites for hydroxylation is 1. The monoisotopic (exact) mass is 600 g/mol. The van der Waals surface area contributed by atoms with E-state index in [1.165, 1.54) is 0 Å². The van der Waals surface area contributed by atoms with Gasteiger partial charge >= 0.3 is 12.1 Å². The van der Waals surface area contributed by atoms with Gasteiger partial charge in [0.25, 0.3) is 5.56 Å². The number of carboxylic acid groups (broad SMARTS) is 1. The highest BCUT2D eigenvalue weighted by atomic mass is 16.9. The number of hydrogen-bond donors (Lipinski definition) is 5. The van der Waals surface area contributed by atoms with Crippen molar-refractivity contribution in [3.8, 4) is 0 Å². The minimum absolute atomic E-state index is 0.117. The van der Waals surface area contributed by atoms with Crippen molar-refractivity contribution in [1.29, 1.82) is 0 Å². The minimum Gasteiger partial charge on any atom is -0.479 e. The number of H-pyrrole nitrogens is 1. The lowest BCUT2D eigenvalue weighted by atomic mass is 9.93. The van der Waals surface area contributed by atoms with Gasteiger partial charge < -0.3 is 35.4 Å². The predicted molar refractivity (Wildman–Crippen MR) is 167 cm³/mol. The average molecular weight is 601 g/mol. The van der Waals surface area contributed by atoms with Crippen molar-refractivity contribution in [1.82, 2.24) is 4.98 Å². The maximum absolute atomic E-state index is 12.6. The van der Waals surface area contributed by atoms with Gasteiger partial charge in [0.2, 0.25) is 0 Å². The van der Waals surface area contributed by atoms with Crippen LogP contribution < -0.4 is 21.9 Å². The summed E-state index contributed by atoms with van der Waals surface area (Å²) in [7, 11) is 0. The summed E-state index contributed by atoms with van der Waals surface area (Å²) in [5.74, 6) is -1.21. The van der Waals surface area contributed by atoms with Crippen molar-refractivity contribution in [2.75, 3.05) is 17.2 Å². The maximum atomic E-state index is 12.6. The number of aliphatic carboxylic acids is 1. The second-order valence-corrected chi connectivity index (χ2v) is 11.0. The molecule has 3 aromatic carbocycles. The van der Waals surface area contributed by atoms with Gasteiger partial charge in [-0.25, -0.2) is 9.59 Å². The average Bonchev–Trinajstić information content (AvgIpc) is 2.98. The van der Waals surface area contributed by atoms with Gasteiger partial charge in [-0.15, -0.1) is 0 Å². The predicted octanol–water partition coefficient (Wildman–Crippen LogP) is 5.54. The van der Waals surface area contributed by atoms with E-state index < -0.39 is 18.1 Å². The SMILES string of the molecule is Cc1cc(C(Nc2ccc3cc[nH]c(=O)c3c2)C(=O)O)ccc1[C@@H](C)COC(=O)Nc1cccc(C(N)CC2OC(C)O2)c1. The molecule has 1 amide bonds. The van der Waals surface area contributed by atoms with Crippen LogP contribution in [0.25, 0.3) is 10.8 Å². The molecule has 230 valence electrons. The Balaban J connectivity index is 1.18.